The molecule has 0 radical (unpaired) electrons. The highest BCUT2D eigenvalue weighted by atomic mass is 35.5. The van der Waals surface area contributed by atoms with E-state index in [-0.39, 0.29) is 6.10 Å². The van der Waals surface area contributed by atoms with Crippen molar-refractivity contribution in [2.24, 2.45) is 0 Å². The van der Waals surface area contributed by atoms with E-state index in [1.807, 2.05) is 44.2 Å². The van der Waals surface area contributed by atoms with E-state index in [1.165, 1.54) is 0 Å². The molecule has 3 aromatic rings. The molecule has 0 aliphatic rings. The summed E-state index contributed by atoms with van der Waals surface area (Å²) in [4.78, 5) is 0. The van der Waals surface area contributed by atoms with E-state index in [1.54, 1.807) is 17.9 Å². The number of nitrogens with zero attached hydrogens (tertiary/aromatic N) is 2. The first-order valence-corrected chi connectivity index (χ1v) is 9.76. The van der Waals surface area contributed by atoms with Crippen LogP contribution in [0.5, 0.6) is 11.5 Å². The molecule has 2 N–H and O–H groups in total. The summed E-state index contributed by atoms with van der Waals surface area (Å²) in [5.74, 6) is 1.87. The van der Waals surface area contributed by atoms with Crippen LogP contribution in [0, 0.1) is 4.77 Å². The monoisotopic (exact) mass is 438 g/mol. The molecule has 0 aliphatic carbocycles. The van der Waals surface area contributed by atoms with Crippen molar-refractivity contribution in [1.82, 2.24) is 14.9 Å². The van der Waals surface area contributed by atoms with E-state index in [2.05, 4.69) is 15.6 Å². The number of benzene rings is 2. The number of aromatic nitrogens is 3. The van der Waals surface area contributed by atoms with E-state index in [0.29, 0.717) is 38.7 Å². The van der Waals surface area contributed by atoms with Crippen molar-refractivity contribution in [2.45, 2.75) is 26.5 Å². The van der Waals surface area contributed by atoms with Gasteiger partial charge < -0.3 is 14.9 Å². The van der Waals surface area contributed by atoms with Gasteiger partial charge in [0, 0.05) is 10.6 Å². The Labute approximate surface area is 178 Å². The SMILES string of the molecule is COc1ccccc1-c1n[nH]c(=S)n1NCc1cc(Cl)cc(Cl)c1OC(C)C. The van der Waals surface area contributed by atoms with Gasteiger partial charge in [-0.05, 0) is 50.3 Å². The summed E-state index contributed by atoms with van der Waals surface area (Å²) in [6, 6.07) is 11.0. The molecule has 3 rings (SSSR count). The minimum absolute atomic E-state index is 0.0299. The lowest BCUT2D eigenvalue weighted by Crippen LogP contribution is -2.17. The standard InChI is InChI=1S/C19H20Cl2N4O2S/c1-11(2)27-17-12(8-13(20)9-15(17)21)10-22-25-18(23-24-19(25)28)14-6-4-5-7-16(14)26-3/h4-9,11,22H,10H2,1-3H3,(H,24,28). The third kappa shape index (κ3) is 4.43. The van der Waals surface area contributed by atoms with Crippen LogP contribution in [0.2, 0.25) is 10.0 Å². The molecule has 9 heteroatoms. The van der Waals surface area contributed by atoms with Gasteiger partial charge in [0.2, 0.25) is 4.77 Å². The number of aromatic amines is 1. The molecule has 6 nitrogen and oxygen atoms in total. The second kappa shape index (κ2) is 8.86. The molecule has 0 fully saturated rings. The van der Waals surface area contributed by atoms with Gasteiger partial charge in [-0.25, -0.2) is 9.77 Å². The van der Waals surface area contributed by atoms with Gasteiger partial charge in [-0.3, -0.25) is 0 Å². The minimum atomic E-state index is -0.0299. The third-order valence-electron chi connectivity index (χ3n) is 3.89. The Morgan fingerprint density at radius 3 is 2.71 bits per heavy atom. The lowest BCUT2D eigenvalue weighted by atomic mass is 10.2. The fourth-order valence-electron chi connectivity index (χ4n) is 2.73. The molecule has 0 saturated heterocycles. The maximum atomic E-state index is 6.34. The number of ether oxygens (including phenoxy) is 2. The molecule has 1 aromatic heterocycles. The Hall–Kier alpha value is -2.22. The van der Waals surface area contributed by atoms with Crippen LogP contribution >= 0.6 is 35.4 Å². The van der Waals surface area contributed by atoms with Gasteiger partial charge in [0.05, 0.1) is 30.3 Å². The molecule has 148 valence electrons. The summed E-state index contributed by atoms with van der Waals surface area (Å²) in [7, 11) is 1.61. The molecule has 0 amide bonds. The predicted octanol–water partition coefficient (Wildman–Crippen LogP) is 5.45. The second-order valence-electron chi connectivity index (χ2n) is 6.27. The second-order valence-corrected chi connectivity index (χ2v) is 7.50. The minimum Gasteiger partial charge on any atom is -0.496 e. The van der Waals surface area contributed by atoms with E-state index in [4.69, 9.17) is 44.9 Å². The van der Waals surface area contributed by atoms with Crippen LogP contribution in [0.3, 0.4) is 0 Å². The van der Waals surface area contributed by atoms with E-state index >= 15 is 0 Å². The van der Waals surface area contributed by atoms with Crippen molar-refractivity contribution in [3.8, 4) is 22.9 Å². The Morgan fingerprint density at radius 2 is 2.00 bits per heavy atom. The summed E-state index contributed by atoms with van der Waals surface area (Å²) in [5, 5.41) is 8.12. The molecular formula is C19H20Cl2N4O2S. The van der Waals surface area contributed by atoms with Crippen LogP contribution in [0.4, 0.5) is 0 Å². The van der Waals surface area contributed by atoms with Gasteiger partial charge in [0.25, 0.3) is 0 Å². The van der Waals surface area contributed by atoms with Crippen molar-refractivity contribution in [3.63, 3.8) is 0 Å². The van der Waals surface area contributed by atoms with Gasteiger partial charge in [-0.1, -0.05) is 35.3 Å². The predicted molar refractivity (Wildman–Crippen MR) is 115 cm³/mol. The first kappa shape index (κ1) is 20.5. The van der Waals surface area contributed by atoms with Crippen LogP contribution in [0.25, 0.3) is 11.4 Å². The quantitative estimate of drug-likeness (QED) is 0.479. The molecule has 0 unspecified atom stereocenters. The van der Waals surface area contributed by atoms with Crippen LogP contribution in [-0.4, -0.2) is 28.1 Å². The fraction of sp³-hybridized carbons (Fsp3) is 0.263. The number of hydrogen-bond acceptors (Lipinski definition) is 5. The zero-order valence-corrected chi connectivity index (χ0v) is 18.0. The molecule has 0 aliphatic heterocycles. The zero-order chi connectivity index (χ0) is 20.3. The zero-order valence-electron chi connectivity index (χ0n) is 15.6. The average Bonchev–Trinajstić information content (AvgIpc) is 3.02. The van der Waals surface area contributed by atoms with Gasteiger partial charge in [-0.2, -0.15) is 5.10 Å². The molecular weight excluding hydrogens is 419 g/mol. The summed E-state index contributed by atoms with van der Waals surface area (Å²) in [6.45, 7) is 4.25. The number of para-hydroxylation sites is 1. The van der Waals surface area contributed by atoms with Crippen molar-refractivity contribution in [3.05, 3.63) is 56.8 Å². The summed E-state index contributed by atoms with van der Waals surface area (Å²) in [5.41, 5.74) is 4.87. The van der Waals surface area contributed by atoms with Crippen LogP contribution in [0.1, 0.15) is 19.4 Å². The number of methoxy groups -OCH3 is 1. The van der Waals surface area contributed by atoms with Crippen molar-refractivity contribution < 1.29 is 9.47 Å². The van der Waals surface area contributed by atoms with Gasteiger partial charge in [0.1, 0.15) is 11.5 Å². The van der Waals surface area contributed by atoms with E-state index in [9.17, 15) is 0 Å². The lowest BCUT2D eigenvalue weighted by molar-refractivity contribution is 0.240. The highest BCUT2D eigenvalue weighted by molar-refractivity contribution is 7.71. The smallest absolute Gasteiger partial charge is 0.214 e. The first-order valence-electron chi connectivity index (χ1n) is 8.60. The largest absolute Gasteiger partial charge is 0.496 e. The summed E-state index contributed by atoms with van der Waals surface area (Å²) in [6.07, 6.45) is -0.0299. The molecule has 1 heterocycles. The Balaban J connectivity index is 1.95. The van der Waals surface area contributed by atoms with Crippen LogP contribution < -0.4 is 14.9 Å². The third-order valence-corrected chi connectivity index (χ3v) is 4.66. The van der Waals surface area contributed by atoms with Crippen molar-refractivity contribution in [1.29, 1.82) is 0 Å². The molecule has 0 spiro atoms. The average molecular weight is 439 g/mol. The maximum Gasteiger partial charge on any atom is 0.214 e. The van der Waals surface area contributed by atoms with Gasteiger partial charge >= 0.3 is 0 Å². The Morgan fingerprint density at radius 1 is 1.25 bits per heavy atom. The molecule has 0 saturated carbocycles. The number of H-pyrrole nitrogens is 1. The van der Waals surface area contributed by atoms with Gasteiger partial charge in [-0.15, -0.1) is 0 Å². The molecule has 2 aromatic carbocycles. The highest BCUT2D eigenvalue weighted by Crippen LogP contribution is 2.34. The first-order chi connectivity index (χ1) is 13.4. The van der Waals surface area contributed by atoms with E-state index in [0.717, 1.165) is 11.1 Å². The number of hydrogen-bond donors (Lipinski definition) is 2. The Bertz CT molecular complexity index is 1030. The normalized spacial score (nSPS) is 10.9. The topological polar surface area (TPSA) is 64.1 Å². The molecule has 28 heavy (non-hydrogen) atoms. The number of halogens is 2. The van der Waals surface area contributed by atoms with E-state index < -0.39 is 0 Å². The van der Waals surface area contributed by atoms with Crippen LogP contribution in [-0.2, 0) is 6.54 Å². The number of rotatable bonds is 7. The highest BCUT2D eigenvalue weighted by Gasteiger charge is 2.16. The van der Waals surface area contributed by atoms with Crippen molar-refractivity contribution >= 4 is 35.4 Å². The maximum absolute atomic E-state index is 6.34. The molecule has 0 bridgehead atoms. The van der Waals surface area contributed by atoms with Crippen molar-refractivity contribution in [2.75, 3.05) is 12.5 Å². The Kier molecular flexibility index (Phi) is 6.49. The number of nitrogens with one attached hydrogen (secondary N) is 2. The summed E-state index contributed by atoms with van der Waals surface area (Å²) < 4.78 is 13.4. The summed E-state index contributed by atoms with van der Waals surface area (Å²) >= 11 is 17.9. The lowest BCUT2D eigenvalue weighted by Gasteiger charge is -2.18. The van der Waals surface area contributed by atoms with Gasteiger partial charge in [0.15, 0.2) is 5.82 Å². The van der Waals surface area contributed by atoms with Crippen LogP contribution in [0.15, 0.2) is 36.4 Å². The molecule has 0 atom stereocenters. The fourth-order valence-corrected chi connectivity index (χ4v) is 3.51.